The van der Waals surface area contributed by atoms with Crippen LogP contribution in [0.15, 0.2) is 243 Å². The highest BCUT2D eigenvalue weighted by Gasteiger charge is 2.16. The lowest BCUT2D eigenvalue weighted by atomic mass is 9.97. The summed E-state index contributed by atoms with van der Waals surface area (Å²) < 4.78 is 0. The number of rotatable bonds is 10. The second-order valence-corrected chi connectivity index (χ2v) is 16.0. The molecular formula is C60H40N6. The summed E-state index contributed by atoms with van der Waals surface area (Å²) >= 11 is 0. The van der Waals surface area contributed by atoms with Gasteiger partial charge in [0.05, 0.1) is 0 Å². The second kappa shape index (κ2) is 18.0. The summed E-state index contributed by atoms with van der Waals surface area (Å²) in [5.74, 6) is 3.72. The minimum Gasteiger partial charge on any atom is -0.208 e. The van der Waals surface area contributed by atoms with Crippen molar-refractivity contribution in [3.8, 4) is 113 Å². The number of benzene rings is 9. The fourth-order valence-corrected chi connectivity index (χ4v) is 8.14. The fourth-order valence-electron chi connectivity index (χ4n) is 8.14. The van der Waals surface area contributed by atoms with Crippen LogP contribution in [0, 0.1) is 0 Å². The van der Waals surface area contributed by atoms with E-state index in [2.05, 4.69) is 170 Å². The van der Waals surface area contributed by atoms with Gasteiger partial charge in [0.25, 0.3) is 0 Å². The molecule has 66 heavy (non-hydrogen) atoms. The molecule has 0 aliphatic rings. The molecule has 2 heterocycles. The van der Waals surface area contributed by atoms with Gasteiger partial charge in [-0.1, -0.05) is 224 Å². The fraction of sp³-hybridized carbons (Fsp3) is 0. The summed E-state index contributed by atoms with van der Waals surface area (Å²) in [7, 11) is 0. The Balaban J connectivity index is 0.921. The van der Waals surface area contributed by atoms with Gasteiger partial charge in [0.15, 0.2) is 34.9 Å². The van der Waals surface area contributed by atoms with E-state index in [1.807, 2.05) is 72.8 Å². The third-order valence-corrected chi connectivity index (χ3v) is 11.6. The lowest BCUT2D eigenvalue weighted by Crippen LogP contribution is -2.00. The maximum Gasteiger partial charge on any atom is 0.164 e. The van der Waals surface area contributed by atoms with Gasteiger partial charge in [-0.25, -0.2) is 29.9 Å². The lowest BCUT2D eigenvalue weighted by Gasteiger charge is -2.11. The second-order valence-electron chi connectivity index (χ2n) is 16.0. The summed E-state index contributed by atoms with van der Waals surface area (Å²) in [6, 6.07) is 83.2. The van der Waals surface area contributed by atoms with E-state index in [9.17, 15) is 0 Å². The molecule has 9 aromatic carbocycles. The van der Waals surface area contributed by atoms with E-state index in [0.717, 1.165) is 77.9 Å². The van der Waals surface area contributed by atoms with Crippen LogP contribution in [0.4, 0.5) is 0 Å². The van der Waals surface area contributed by atoms with Gasteiger partial charge >= 0.3 is 0 Å². The van der Waals surface area contributed by atoms with Crippen LogP contribution in [0.1, 0.15) is 0 Å². The summed E-state index contributed by atoms with van der Waals surface area (Å²) in [6.45, 7) is 0. The zero-order valence-corrected chi connectivity index (χ0v) is 35.8. The Morgan fingerprint density at radius 2 is 0.318 bits per heavy atom. The molecule has 6 heteroatoms. The van der Waals surface area contributed by atoms with Crippen molar-refractivity contribution in [1.29, 1.82) is 0 Å². The van der Waals surface area contributed by atoms with Gasteiger partial charge in [-0.15, -0.1) is 0 Å². The molecule has 310 valence electrons. The molecule has 0 saturated carbocycles. The van der Waals surface area contributed by atoms with Crippen LogP contribution in [-0.4, -0.2) is 29.9 Å². The Hall–Kier alpha value is -9.00. The van der Waals surface area contributed by atoms with Crippen molar-refractivity contribution < 1.29 is 0 Å². The summed E-state index contributed by atoms with van der Waals surface area (Å²) in [4.78, 5) is 30.1. The van der Waals surface area contributed by atoms with Crippen LogP contribution in [0.2, 0.25) is 0 Å². The third kappa shape index (κ3) is 8.54. The lowest BCUT2D eigenvalue weighted by molar-refractivity contribution is 1.07. The van der Waals surface area contributed by atoms with Crippen molar-refractivity contribution >= 4 is 0 Å². The largest absolute Gasteiger partial charge is 0.208 e. The van der Waals surface area contributed by atoms with Crippen LogP contribution in [0.25, 0.3) is 113 Å². The zero-order chi connectivity index (χ0) is 44.1. The smallest absolute Gasteiger partial charge is 0.164 e. The minimum absolute atomic E-state index is 0.605. The van der Waals surface area contributed by atoms with Crippen molar-refractivity contribution in [3.05, 3.63) is 243 Å². The molecule has 11 aromatic rings. The standard InChI is InChI=1S/C60H40N6/c1-5-16-41(17-6-1)43-30-34-47(35-31-43)57-62-58(66-59(65-57)53-28-14-25-50(39-53)42-18-7-2-8-19-42)48-36-32-44(33-37-48)49-24-13-26-51(38-49)52-27-15-29-54(40-52)60-63-55(45-20-9-3-10-21-45)61-56(64-60)46-22-11-4-12-23-46/h1-40H. The Morgan fingerprint density at radius 3 is 0.667 bits per heavy atom. The molecule has 0 amide bonds. The van der Waals surface area contributed by atoms with E-state index in [-0.39, 0.29) is 0 Å². The molecule has 0 bridgehead atoms. The molecule has 0 saturated heterocycles. The first kappa shape index (κ1) is 39.8. The Bertz CT molecular complexity index is 3380. The molecule has 11 rings (SSSR count). The van der Waals surface area contributed by atoms with Crippen LogP contribution < -0.4 is 0 Å². The Morgan fingerprint density at radius 1 is 0.136 bits per heavy atom. The van der Waals surface area contributed by atoms with Crippen molar-refractivity contribution in [2.24, 2.45) is 0 Å². The highest BCUT2D eigenvalue weighted by molar-refractivity contribution is 5.79. The van der Waals surface area contributed by atoms with E-state index in [4.69, 9.17) is 29.9 Å². The van der Waals surface area contributed by atoms with Gasteiger partial charge in [0, 0.05) is 33.4 Å². The first-order valence-corrected chi connectivity index (χ1v) is 21.9. The zero-order valence-electron chi connectivity index (χ0n) is 35.8. The van der Waals surface area contributed by atoms with Gasteiger partial charge in [-0.3, -0.25) is 0 Å². The third-order valence-electron chi connectivity index (χ3n) is 11.6. The first-order valence-electron chi connectivity index (χ1n) is 21.9. The highest BCUT2D eigenvalue weighted by Crippen LogP contribution is 2.33. The van der Waals surface area contributed by atoms with Gasteiger partial charge in [-0.05, 0) is 62.7 Å². The van der Waals surface area contributed by atoms with Gasteiger partial charge in [0.1, 0.15) is 0 Å². The number of hydrogen-bond donors (Lipinski definition) is 0. The average Bonchev–Trinajstić information content (AvgIpc) is 3.42. The van der Waals surface area contributed by atoms with Gasteiger partial charge in [-0.2, -0.15) is 0 Å². The van der Waals surface area contributed by atoms with Gasteiger partial charge < -0.3 is 0 Å². The molecule has 0 N–H and O–H groups in total. The van der Waals surface area contributed by atoms with Crippen molar-refractivity contribution in [2.45, 2.75) is 0 Å². The van der Waals surface area contributed by atoms with E-state index < -0.39 is 0 Å². The highest BCUT2D eigenvalue weighted by atomic mass is 15.0. The van der Waals surface area contributed by atoms with Crippen molar-refractivity contribution in [2.75, 3.05) is 0 Å². The summed E-state index contributed by atoms with van der Waals surface area (Å²) in [6.07, 6.45) is 0. The topological polar surface area (TPSA) is 77.3 Å². The van der Waals surface area contributed by atoms with E-state index in [1.165, 1.54) is 0 Å². The molecule has 0 unspecified atom stereocenters. The molecule has 0 fully saturated rings. The molecular weight excluding hydrogens is 805 g/mol. The minimum atomic E-state index is 0.605. The predicted octanol–water partition coefficient (Wildman–Crippen LogP) is 14.7. The normalized spacial score (nSPS) is 11.0. The molecule has 0 radical (unpaired) electrons. The first-order chi connectivity index (χ1) is 32.7. The van der Waals surface area contributed by atoms with Crippen molar-refractivity contribution in [3.63, 3.8) is 0 Å². The van der Waals surface area contributed by atoms with Crippen LogP contribution in [-0.2, 0) is 0 Å². The molecule has 0 aliphatic heterocycles. The number of hydrogen-bond acceptors (Lipinski definition) is 6. The molecule has 0 aliphatic carbocycles. The van der Waals surface area contributed by atoms with E-state index in [1.54, 1.807) is 0 Å². The Kier molecular flexibility index (Phi) is 10.9. The number of nitrogens with zero attached hydrogens (tertiary/aromatic N) is 6. The maximum absolute atomic E-state index is 5.10. The maximum atomic E-state index is 5.10. The Labute approximate surface area is 383 Å². The van der Waals surface area contributed by atoms with Gasteiger partial charge in [0.2, 0.25) is 0 Å². The quantitative estimate of drug-likeness (QED) is 0.136. The number of aromatic nitrogens is 6. The molecule has 0 atom stereocenters. The molecule has 0 spiro atoms. The monoisotopic (exact) mass is 844 g/mol. The van der Waals surface area contributed by atoms with Crippen LogP contribution in [0.5, 0.6) is 0 Å². The summed E-state index contributed by atoms with van der Waals surface area (Å²) in [5, 5.41) is 0. The molecule has 2 aromatic heterocycles. The SMILES string of the molecule is c1ccc(-c2ccc(-c3nc(-c4ccc(-c5cccc(-c6cccc(-c7nc(-c8ccccc8)nc(-c8ccccc8)n7)c6)c5)cc4)nc(-c4cccc(-c5ccccc5)c4)n3)cc2)cc1. The van der Waals surface area contributed by atoms with Crippen LogP contribution >= 0.6 is 0 Å². The van der Waals surface area contributed by atoms with Crippen LogP contribution in [0.3, 0.4) is 0 Å². The van der Waals surface area contributed by atoms with E-state index in [0.29, 0.717) is 34.9 Å². The predicted molar refractivity (Wildman–Crippen MR) is 268 cm³/mol. The van der Waals surface area contributed by atoms with Crippen molar-refractivity contribution in [1.82, 2.24) is 29.9 Å². The average molecular weight is 845 g/mol. The van der Waals surface area contributed by atoms with E-state index >= 15 is 0 Å². The summed E-state index contributed by atoms with van der Waals surface area (Å²) in [5.41, 5.74) is 14.4. The molecule has 6 nitrogen and oxygen atoms in total.